The summed E-state index contributed by atoms with van der Waals surface area (Å²) in [5.74, 6) is 0.276. The molecule has 3 heterocycles. The molecule has 1 saturated carbocycles. The van der Waals surface area contributed by atoms with Crippen LogP contribution in [0.5, 0.6) is 5.88 Å². The molecule has 7 heteroatoms. The maximum Gasteiger partial charge on any atom is 0.244 e. The summed E-state index contributed by atoms with van der Waals surface area (Å²) in [5, 5.41) is 14.5. The zero-order valence-electron chi connectivity index (χ0n) is 13.1. The molecule has 5 rings (SSSR count). The number of pyridine rings is 1. The highest BCUT2D eigenvalue weighted by molar-refractivity contribution is 7.89. The van der Waals surface area contributed by atoms with Crippen LogP contribution < -0.4 is 5.32 Å². The third-order valence-electron chi connectivity index (χ3n) is 5.90. The van der Waals surface area contributed by atoms with Gasteiger partial charge in [0.25, 0.3) is 0 Å². The molecule has 1 spiro atoms. The monoisotopic (exact) mass is 345 g/mol. The van der Waals surface area contributed by atoms with Crippen molar-refractivity contribution in [2.45, 2.75) is 35.7 Å². The molecule has 1 aromatic heterocycles. The van der Waals surface area contributed by atoms with Crippen molar-refractivity contribution in [2.24, 2.45) is 5.92 Å². The van der Waals surface area contributed by atoms with E-state index in [1.54, 1.807) is 28.6 Å². The second-order valence-corrected chi connectivity index (χ2v) is 8.94. The highest BCUT2D eigenvalue weighted by Crippen LogP contribution is 2.55. The van der Waals surface area contributed by atoms with E-state index in [2.05, 4.69) is 10.3 Å². The lowest BCUT2D eigenvalue weighted by molar-refractivity contribution is 0.333. The fourth-order valence-corrected chi connectivity index (χ4v) is 6.77. The lowest BCUT2D eigenvalue weighted by Gasteiger charge is -2.27. The molecule has 24 heavy (non-hydrogen) atoms. The summed E-state index contributed by atoms with van der Waals surface area (Å²) in [4.78, 5) is 4.12. The van der Waals surface area contributed by atoms with Crippen LogP contribution in [0.1, 0.15) is 19.3 Å². The third-order valence-corrected chi connectivity index (χ3v) is 7.91. The number of benzene rings is 1. The predicted octanol–water partition coefficient (Wildman–Crippen LogP) is 1.46. The average Bonchev–Trinajstić information content (AvgIpc) is 3.10. The molecule has 2 N–H and O–H groups in total. The van der Waals surface area contributed by atoms with Crippen LogP contribution in [0.15, 0.2) is 35.4 Å². The number of nitrogens with one attached hydrogen (secondary N) is 1. The number of hydrogen-bond acceptors (Lipinski definition) is 5. The van der Waals surface area contributed by atoms with Gasteiger partial charge in [0.2, 0.25) is 15.9 Å². The van der Waals surface area contributed by atoms with E-state index in [9.17, 15) is 13.5 Å². The van der Waals surface area contributed by atoms with Crippen LogP contribution in [-0.4, -0.2) is 47.5 Å². The molecule has 0 amide bonds. The van der Waals surface area contributed by atoms with Gasteiger partial charge in [0.1, 0.15) is 0 Å². The fraction of sp³-hybridized carbons (Fsp3) is 0.471. The molecule has 3 aliphatic rings. The van der Waals surface area contributed by atoms with Gasteiger partial charge in [0.05, 0.1) is 10.4 Å². The summed E-state index contributed by atoms with van der Waals surface area (Å²) in [6.45, 7) is 1.58. The number of aromatic hydroxyl groups is 1. The Morgan fingerprint density at radius 3 is 2.88 bits per heavy atom. The first-order chi connectivity index (χ1) is 11.5. The van der Waals surface area contributed by atoms with E-state index >= 15 is 0 Å². The molecule has 2 unspecified atom stereocenters. The number of rotatable bonds is 2. The van der Waals surface area contributed by atoms with Crippen molar-refractivity contribution in [3.8, 4) is 5.88 Å². The molecule has 1 aromatic carbocycles. The highest BCUT2D eigenvalue weighted by Gasteiger charge is 2.65. The smallest absolute Gasteiger partial charge is 0.244 e. The van der Waals surface area contributed by atoms with E-state index in [1.165, 1.54) is 6.20 Å². The maximum atomic E-state index is 13.4. The Morgan fingerprint density at radius 1 is 1.25 bits per heavy atom. The SMILES string of the molecule is O=S(=O)(c1cccc2c(O)nccc12)N1CC2CCNC2C12CC2. The van der Waals surface area contributed by atoms with Crippen molar-refractivity contribution in [1.82, 2.24) is 14.6 Å². The first-order valence-corrected chi connectivity index (χ1v) is 9.81. The number of hydrogen-bond donors (Lipinski definition) is 2. The van der Waals surface area contributed by atoms with E-state index < -0.39 is 10.0 Å². The molecule has 6 nitrogen and oxygen atoms in total. The molecule has 0 radical (unpaired) electrons. The van der Waals surface area contributed by atoms with Gasteiger partial charge in [-0.25, -0.2) is 13.4 Å². The lowest BCUT2D eigenvalue weighted by Crippen LogP contribution is -2.46. The van der Waals surface area contributed by atoms with Crippen LogP contribution in [0.25, 0.3) is 10.8 Å². The average molecular weight is 345 g/mol. The van der Waals surface area contributed by atoms with Crippen molar-refractivity contribution < 1.29 is 13.5 Å². The first-order valence-electron chi connectivity index (χ1n) is 8.37. The first kappa shape index (κ1) is 14.6. The number of fused-ring (bicyclic) bond motifs is 3. The van der Waals surface area contributed by atoms with Gasteiger partial charge in [0.15, 0.2) is 0 Å². The second-order valence-electron chi connectivity index (χ2n) is 7.11. The van der Waals surface area contributed by atoms with Crippen LogP contribution in [0.3, 0.4) is 0 Å². The third kappa shape index (κ3) is 1.77. The maximum absolute atomic E-state index is 13.4. The molecule has 1 aliphatic carbocycles. The van der Waals surface area contributed by atoms with Crippen molar-refractivity contribution >= 4 is 20.8 Å². The predicted molar refractivity (Wildman–Crippen MR) is 89.2 cm³/mol. The van der Waals surface area contributed by atoms with Crippen molar-refractivity contribution in [3.63, 3.8) is 0 Å². The van der Waals surface area contributed by atoms with E-state index in [0.29, 0.717) is 23.2 Å². The minimum absolute atomic E-state index is 0.134. The Hall–Kier alpha value is -1.70. The van der Waals surface area contributed by atoms with Crippen molar-refractivity contribution in [1.29, 1.82) is 0 Å². The Morgan fingerprint density at radius 2 is 2.08 bits per heavy atom. The summed E-state index contributed by atoms with van der Waals surface area (Å²) >= 11 is 0. The Balaban J connectivity index is 1.66. The van der Waals surface area contributed by atoms with Crippen LogP contribution >= 0.6 is 0 Å². The molecule has 2 atom stereocenters. The zero-order valence-corrected chi connectivity index (χ0v) is 14.0. The number of aromatic nitrogens is 1. The summed E-state index contributed by atoms with van der Waals surface area (Å²) in [6, 6.07) is 6.96. The van der Waals surface area contributed by atoms with E-state index in [-0.39, 0.29) is 22.4 Å². The topological polar surface area (TPSA) is 82.5 Å². The molecular formula is C17H19N3O3S. The fourth-order valence-electron chi connectivity index (χ4n) is 4.67. The summed E-state index contributed by atoms with van der Waals surface area (Å²) < 4.78 is 28.6. The second kappa shape index (κ2) is 4.68. The lowest BCUT2D eigenvalue weighted by atomic mass is 9.99. The molecule has 2 aromatic rings. The molecule has 2 aliphatic heterocycles. The Bertz CT molecular complexity index is 939. The summed E-state index contributed by atoms with van der Waals surface area (Å²) in [6.07, 6.45) is 4.35. The zero-order chi connectivity index (χ0) is 16.5. The van der Waals surface area contributed by atoms with Gasteiger partial charge in [-0.2, -0.15) is 4.31 Å². The van der Waals surface area contributed by atoms with Crippen LogP contribution in [0, 0.1) is 5.92 Å². The minimum atomic E-state index is -3.61. The highest BCUT2D eigenvalue weighted by atomic mass is 32.2. The molecule has 3 fully saturated rings. The number of sulfonamides is 1. The van der Waals surface area contributed by atoms with E-state index in [1.807, 2.05) is 0 Å². The summed E-state index contributed by atoms with van der Waals surface area (Å²) in [7, 11) is -3.61. The van der Waals surface area contributed by atoms with Gasteiger partial charge in [-0.05, 0) is 49.9 Å². The van der Waals surface area contributed by atoms with Crippen LogP contribution in [0.4, 0.5) is 0 Å². The molecule has 0 bridgehead atoms. The van der Waals surface area contributed by atoms with Gasteiger partial charge < -0.3 is 10.4 Å². The van der Waals surface area contributed by atoms with E-state index in [4.69, 9.17) is 0 Å². The number of nitrogens with zero attached hydrogens (tertiary/aromatic N) is 2. The molecule has 2 saturated heterocycles. The van der Waals surface area contributed by atoms with Gasteiger partial charge in [0, 0.05) is 29.6 Å². The van der Waals surface area contributed by atoms with Crippen LogP contribution in [-0.2, 0) is 10.0 Å². The van der Waals surface area contributed by atoms with Gasteiger partial charge in [-0.3, -0.25) is 0 Å². The van der Waals surface area contributed by atoms with Crippen molar-refractivity contribution in [2.75, 3.05) is 13.1 Å². The molecular weight excluding hydrogens is 326 g/mol. The van der Waals surface area contributed by atoms with Gasteiger partial charge in [-0.1, -0.05) is 6.07 Å². The molecule has 126 valence electrons. The largest absolute Gasteiger partial charge is 0.493 e. The Labute approximate surface area is 140 Å². The quantitative estimate of drug-likeness (QED) is 0.861. The van der Waals surface area contributed by atoms with Gasteiger partial charge in [-0.15, -0.1) is 0 Å². The normalized spacial score (nSPS) is 28.5. The minimum Gasteiger partial charge on any atom is -0.493 e. The van der Waals surface area contributed by atoms with Gasteiger partial charge >= 0.3 is 0 Å². The standard InChI is InChI=1S/C17H19N3O3S/c21-16-13-2-1-3-14(12(13)5-9-19-16)24(22,23)20-10-11-4-8-18-15(11)17(20)6-7-17/h1-3,5,9,11,15,18H,4,6-8,10H2,(H,19,21). The van der Waals surface area contributed by atoms with Crippen molar-refractivity contribution in [3.05, 3.63) is 30.5 Å². The van der Waals surface area contributed by atoms with E-state index in [0.717, 1.165) is 25.8 Å². The van der Waals surface area contributed by atoms with Crippen LogP contribution in [0.2, 0.25) is 0 Å². The Kier molecular flexibility index (Phi) is 2.85. The summed E-state index contributed by atoms with van der Waals surface area (Å²) in [5.41, 5.74) is -0.239.